The van der Waals surface area contributed by atoms with Crippen LogP contribution in [0, 0.1) is 0 Å². The molecule has 1 aliphatic heterocycles. The molecule has 1 aliphatic rings. The fraction of sp³-hybridized carbons (Fsp3) is 0.429. The molecule has 0 unspecified atom stereocenters. The number of hydrogen-bond donors (Lipinski definition) is 0. The van der Waals surface area contributed by atoms with Gasteiger partial charge in [-0.1, -0.05) is 30.0 Å². The number of nitrogens with zero attached hydrogens (tertiary/aromatic N) is 3. The zero-order chi connectivity index (χ0) is 14.4. The van der Waals surface area contributed by atoms with Crippen LogP contribution in [-0.4, -0.2) is 60.6 Å². The predicted molar refractivity (Wildman–Crippen MR) is 81.9 cm³/mol. The maximum Gasteiger partial charge on any atom is 0.357 e. The van der Waals surface area contributed by atoms with E-state index in [0.717, 1.165) is 18.3 Å². The van der Waals surface area contributed by atoms with Crippen molar-refractivity contribution >= 4 is 22.9 Å². The van der Waals surface area contributed by atoms with Gasteiger partial charge >= 0.3 is 5.97 Å². The first kappa shape index (κ1) is 14.9. The Morgan fingerprint density at radius 3 is 2.40 bits per heavy atom. The molecule has 1 heterocycles. The lowest BCUT2D eigenvalue weighted by Crippen LogP contribution is -2.48. The number of hydrogen-bond acceptors (Lipinski definition) is 5. The summed E-state index contributed by atoms with van der Waals surface area (Å²) < 4.78 is 0. The average Bonchev–Trinajstić information content (AvgIpc) is 2.51. The molecule has 0 saturated carbocycles. The third-order valence-corrected chi connectivity index (χ3v) is 3.91. The molecule has 2 rings (SSSR count). The summed E-state index contributed by atoms with van der Waals surface area (Å²) in [7, 11) is 1.80. The molecule has 1 saturated heterocycles. The topological polar surface area (TPSA) is 45.1 Å². The molecule has 0 spiro atoms. The molecule has 0 N–H and O–H groups in total. The van der Waals surface area contributed by atoms with Gasteiger partial charge in [-0.05, 0) is 18.4 Å². The lowest BCUT2D eigenvalue weighted by Gasteiger charge is -2.34. The Kier molecular flexibility index (Phi) is 5.43. The average molecular weight is 293 g/mol. The van der Waals surface area contributed by atoms with Crippen molar-refractivity contribution < 1.29 is 9.63 Å². The number of piperazine rings is 1. The molecular formula is C14H19N3O2S. The molecule has 1 fully saturated rings. The quantitative estimate of drug-likeness (QED) is 0.614. The summed E-state index contributed by atoms with van der Waals surface area (Å²) in [5.41, 5.74) is 0.579. The zero-order valence-electron chi connectivity index (χ0n) is 11.8. The van der Waals surface area contributed by atoms with Crippen molar-refractivity contribution in [3.63, 3.8) is 0 Å². The second kappa shape index (κ2) is 7.31. The van der Waals surface area contributed by atoms with Crippen LogP contribution in [0.15, 0.2) is 35.3 Å². The van der Waals surface area contributed by atoms with Crippen molar-refractivity contribution in [3.05, 3.63) is 35.9 Å². The van der Waals surface area contributed by atoms with E-state index in [0.29, 0.717) is 18.7 Å². The molecule has 0 bridgehead atoms. The molecule has 1 aromatic rings. The first-order valence-corrected chi connectivity index (χ1v) is 7.75. The van der Waals surface area contributed by atoms with Crippen LogP contribution in [0.1, 0.15) is 10.4 Å². The highest BCUT2D eigenvalue weighted by Gasteiger charge is 2.22. The van der Waals surface area contributed by atoms with Gasteiger partial charge < -0.3 is 9.74 Å². The highest BCUT2D eigenvalue weighted by atomic mass is 32.2. The molecule has 1 aromatic carbocycles. The summed E-state index contributed by atoms with van der Waals surface area (Å²) in [6.45, 7) is 3.02. The van der Waals surface area contributed by atoms with E-state index >= 15 is 0 Å². The highest BCUT2D eigenvalue weighted by Crippen LogP contribution is 2.11. The number of amidine groups is 1. The maximum absolute atomic E-state index is 11.9. The van der Waals surface area contributed by atoms with Crippen LogP contribution in [0.2, 0.25) is 0 Å². The minimum atomic E-state index is -0.298. The normalized spacial score (nSPS) is 17.1. The van der Waals surface area contributed by atoms with Gasteiger partial charge in [-0.15, -0.1) is 5.06 Å². The first-order valence-electron chi connectivity index (χ1n) is 6.52. The van der Waals surface area contributed by atoms with Crippen LogP contribution in [-0.2, 0) is 4.84 Å². The van der Waals surface area contributed by atoms with Gasteiger partial charge in [0.1, 0.15) is 0 Å². The van der Waals surface area contributed by atoms with Gasteiger partial charge in [0, 0.05) is 20.1 Å². The third kappa shape index (κ3) is 3.74. The zero-order valence-corrected chi connectivity index (χ0v) is 12.6. The number of aliphatic imine (C=N–C) groups is 1. The Morgan fingerprint density at radius 2 is 1.85 bits per heavy atom. The standard InChI is InChI=1S/C14H19N3O2S/c1-15-14(20-2)16-8-10-17(11-9-16)19-13(18)12-6-4-3-5-7-12/h3-7H,8-11H2,1-2H3. The Hall–Kier alpha value is -1.53. The first-order chi connectivity index (χ1) is 9.74. The van der Waals surface area contributed by atoms with Gasteiger partial charge in [-0.2, -0.15) is 0 Å². The molecule has 0 atom stereocenters. The lowest BCUT2D eigenvalue weighted by molar-refractivity contribution is -0.123. The van der Waals surface area contributed by atoms with Gasteiger partial charge in [-0.25, -0.2) is 4.79 Å². The van der Waals surface area contributed by atoms with Crippen LogP contribution in [0.3, 0.4) is 0 Å². The van der Waals surface area contributed by atoms with E-state index < -0.39 is 0 Å². The van der Waals surface area contributed by atoms with E-state index in [9.17, 15) is 4.79 Å². The number of hydroxylamine groups is 2. The predicted octanol–water partition coefficient (Wildman–Crippen LogP) is 1.72. The van der Waals surface area contributed by atoms with Crippen molar-refractivity contribution in [2.75, 3.05) is 39.5 Å². The van der Waals surface area contributed by atoms with E-state index in [1.807, 2.05) is 24.5 Å². The molecular weight excluding hydrogens is 274 g/mol. The number of rotatable bonds is 2. The van der Waals surface area contributed by atoms with Crippen molar-refractivity contribution in [2.24, 2.45) is 4.99 Å². The summed E-state index contributed by atoms with van der Waals surface area (Å²) >= 11 is 1.64. The van der Waals surface area contributed by atoms with Crippen molar-refractivity contribution in [2.45, 2.75) is 0 Å². The minimum absolute atomic E-state index is 0.298. The molecule has 0 aromatic heterocycles. The minimum Gasteiger partial charge on any atom is -0.364 e. The summed E-state index contributed by atoms with van der Waals surface area (Å²) in [6.07, 6.45) is 2.02. The lowest BCUT2D eigenvalue weighted by atomic mass is 10.2. The van der Waals surface area contributed by atoms with E-state index in [1.54, 1.807) is 36.0 Å². The van der Waals surface area contributed by atoms with E-state index in [4.69, 9.17) is 4.84 Å². The molecule has 0 amide bonds. The van der Waals surface area contributed by atoms with Crippen LogP contribution in [0.4, 0.5) is 0 Å². The molecule has 108 valence electrons. The second-order valence-electron chi connectivity index (χ2n) is 4.37. The molecule has 0 aliphatic carbocycles. The van der Waals surface area contributed by atoms with Crippen LogP contribution >= 0.6 is 11.8 Å². The van der Waals surface area contributed by atoms with Crippen molar-refractivity contribution in [1.82, 2.24) is 9.96 Å². The summed E-state index contributed by atoms with van der Waals surface area (Å²) in [6, 6.07) is 9.06. The Bertz CT molecular complexity index is 471. The van der Waals surface area contributed by atoms with Gasteiger partial charge in [0.2, 0.25) is 0 Å². The largest absolute Gasteiger partial charge is 0.364 e. The smallest absolute Gasteiger partial charge is 0.357 e. The Morgan fingerprint density at radius 1 is 1.20 bits per heavy atom. The maximum atomic E-state index is 11.9. The van der Waals surface area contributed by atoms with Crippen LogP contribution in [0.25, 0.3) is 0 Å². The molecule has 5 nitrogen and oxygen atoms in total. The SMILES string of the molecule is CN=C(SC)N1CCN(OC(=O)c2ccccc2)CC1. The molecule has 0 radical (unpaired) electrons. The third-order valence-electron chi connectivity index (χ3n) is 3.10. The van der Waals surface area contributed by atoms with Gasteiger partial charge in [-0.3, -0.25) is 4.99 Å². The Balaban J connectivity index is 1.84. The number of carbonyl (C=O) groups is 1. The van der Waals surface area contributed by atoms with Gasteiger partial charge in [0.05, 0.1) is 18.7 Å². The fourth-order valence-corrected chi connectivity index (χ4v) is 2.70. The monoisotopic (exact) mass is 293 g/mol. The number of carbonyl (C=O) groups excluding carboxylic acids is 1. The number of benzene rings is 1. The highest BCUT2D eigenvalue weighted by molar-refractivity contribution is 8.13. The van der Waals surface area contributed by atoms with Crippen molar-refractivity contribution in [1.29, 1.82) is 0 Å². The van der Waals surface area contributed by atoms with Crippen molar-refractivity contribution in [3.8, 4) is 0 Å². The van der Waals surface area contributed by atoms with Gasteiger partial charge in [0.15, 0.2) is 5.17 Å². The van der Waals surface area contributed by atoms with E-state index in [2.05, 4.69) is 9.89 Å². The summed E-state index contributed by atoms with van der Waals surface area (Å²) in [5.74, 6) is -0.298. The van der Waals surface area contributed by atoms with Gasteiger partial charge in [0.25, 0.3) is 0 Å². The summed E-state index contributed by atoms with van der Waals surface area (Å²) in [4.78, 5) is 23.8. The van der Waals surface area contributed by atoms with E-state index in [1.165, 1.54) is 0 Å². The van der Waals surface area contributed by atoms with Crippen LogP contribution < -0.4 is 0 Å². The summed E-state index contributed by atoms with van der Waals surface area (Å²) in [5, 5.41) is 2.75. The molecule has 6 heteroatoms. The fourth-order valence-electron chi connectivity index (χ4n) is 2.08. The Labute approximate surface area is 123 Å². The van der Waals surface area contributed by atoms with E-state index in [-0.39, 0.29) is 5.97 Å². The second-order valence-corrected chi connectivity index (χ2v) is 5.14. The molecule has 20 heavy (non-hydrogen) atoms. The number of thioether (sulfide) groups is 1. The van der Waals surface area contributed by atoms with Crippen LogP contribution in [0.5, 0.6) is 0 Å².